The topological polar surface area (TPSA) is 30.5 Å². The third-order valence-electron chi connectivity index (χ3n) is 2.69. The fraction of sp³-hybridized carbons (Fsp3) is 0.571. The van der Waals surface area contributed by atoms with Crippen LogP contribution in [0.25, 0.3) is 0 Å². The molecule has 1 aromatic rings. The highest BCUT2D eigenvalue weighted by molar-refractivity contribution is 7.99. The SMILES string of the molecule is CCOc1cc(CNCC(C)SC)ccc1OC. The Labute approximate surface area is 114 Å². The van der Waals surface area contributed by atoms with Gasteiger partial charge in [-0.1, -0.05) is 13.0 Å². The molecule has 0 aliphatic carbocycles. The lowest BCUT2D eigenvalue weighted by atomic mass is 10.2. The Morgan fingerprint density at radius 1 is 1.33 bits per heavy atom. The van der Waals surface area contributed by atoms with Crippen molar-refractivity contribution in [2.24, 2.45) is 0 Å². The minimum atomic E-state index is 0.634. The summed E-state index contributed by atoms with van der Waals surface area (Å²) in [6.07, 6.45) is 2.13. The van der Waals surface area contributed by atoms with Gasteiger partial charge in [-0.15, -0.1) is 0 Å². The summed E-state index contributed by atoms with van der Waals surface area (Å²) in [7, 11) is 1.66. The smallest absolute Gasteiger partial charge is 0.161 e. The van der Waals surface area contributed by atoms with Crippen LogP contribution in [0.2, 0.25) is 0 Å². The fourth-order valence-corrected chi connectivity index (χ4v) is 1.89. The monoisotopic (exact) mass is 269 g/mol. The Morgan fingerprint density at radius 3 is 2.72 bits per heavy atom. The van der Waals surface area contributed by atoms with Crippen molar-refractivity contribution in [1.29, 1.82) is 0 Å². The molecule has 0 aliphatic rings. The van der Waals surface area contributed by atoms with E-state index in [0.29, 0.717) is 11.9 Å². The third kappa shape index (κ3) is 4.78. The van der Waals surface area contributed by atoms with Gasteiger partial charge in [0.2, 0.25) is 0 Å². The van der Waals surface area contributed by atoms with E-state index in [1.165, 1.54) is 5.56 Å². The van der Waals surface area contributed by atoms with Gasteiger partial charge in [0.05, 0.1) is 13.7 Å². The zero-order valence-corrected chi connectivity index (χ0v) is 12.5. The first-order valence-corrected chi connectivity index (χ1v) is 7.53. The Bertz CT molecular complexity index is 358. The lowest BCUT2D eigenvalue weighted by Crippen LogP contribution is -2.22. The van der Waals surface area contributed by atoms with Crippen LogP contribution in [0.3, 0.4) is 0 Å². The summed E-state index contributed by atoms with van der Waals surface area (Å²) in [6.45, 7) is 6.71. The van der Waals surface area contributed by atoms with Gasteiger partial charge in [-0.05, 0) is 30.9 Å². The van der Waals surface area contributed by atoms with Crippen LogP contribution in [0, 0.1) is 0 Å². The van der Waals surface area contributed by atoms with Gasteiger partial charge in [-0.3, -0.25) is 0 Å². The predicted molar refractivity (Wildman–Crippen MR) is 78.8 cm³/mol. The molecule has 0 radical (unpaired) electrons. The van der Waals surface area contributed by atoms with Crippen LogP contribution in [0.4, 0.5) is 0 Å². The molecule has 0 fully saturated rings. The van der Waals surface area contributed by atoms with Crippen molar-refractivity contribution in [2.45, 2.75) is 25.6 Å². The summed E-state index contributed by atoms with van der Waals surface area (Å²) in [6, 6.07) is 6.07. The molecule has 1 rings (SSSR count). The van der Waals surface area contributed by atoms with Crippen molar-refractivity contribution < 1.29 is 9.47 Å². The molecule has 0 saturated heterocycles. The van der Waals surface area contributed by atoms with Crippen LogP contribution >= 0.6 is 11.8 Å². The van der Waals surface area contributed by atoms with E-state index in [2.05, 4.69) is 24.6 Å². The first kappa shape index (κ1) is 15.2. The molecule has 0 aliphatic heterocycles. The second kappa shape index (κ2) is 8.27. The van der Waals surface area contributed by atoms with E-state index in [9.17, 15) is 0 Å². The van der Waals surface area contributed by atoms with E-state index in [-0.39, 0.29) is 0 Å². The van der Waals surface area contributed by atoms with Crippen molar-refractivity contribution in [2.75, 3.05) is 26.5 Å². The minimum absolute atomic E-state index is 0.634. The molecule has 0 amide bonds. The van der Waals surface area contributed by atoms with E-state index in [0.717, 1.165) is 24.6 Å². The van der Waals surface area contributed by atoms with Crippen LogP contribution < -0.4 is 14.8 Å². The zero-order valence-electron chi connectivity index (χ0n) is 11.7. The lowest BCUT2D eigenvalue weighted by molar-refractivity contribution is 0.310. The van der Waals surface area contributed by atoms with Gasteiger partial charge in [0.25, 0.3) is 0 Å². The fourth-order valence-electron chi connectivity index (χ4n) is 1.60. The van der Waals surface area contributed by atoms with Gasteiger partial charge in [0, 0.05) is 18.3 Å². The molecule has 0 bridgehead atoms. The van der Waals surface area contributed by atoms with E-state index in [1.807, 2.05) is 30.8 Å². The van der Waals surface area contributed by atoms with Crippen molar-refractivity contribution >= 4 is 11.8 Å². The van der Waals surface area contributed by atoms with Crippen molar-refractivity contribution in [1.82, 2.24) is 5.32 Å². The maximum atomic E-state index is 5.56. The van der Waals surface area contributed by atoms with E-state index in [4.69, 9.17) is 9.47 Å². The average Bonchev–Trinajstić information content (AvgIpc) is 2.39. The largest absolute Gasteiger partial charge is 0.493 e. The standard InChI is InChI=1S/C14H23NO2S/c1-5-17-14-8-12(6-7-13(14)16-3)10-15-9-11(2)18-4/h6-8,11,15H,5,9-10H2,1-4H3. The number of nitrogens with one attached hydrogen (secondary N) is 1. The van der Waals surface area contributed by atoms with Crippen LogP contribution in [-0.4, -0.2) is 31.8 Å². The van der Waals surface area contributed by atoms with E-state index < -0.39 is 0 Å². The maximum absolute atomic E-state index is 5.56. The molecule has 4 heteroatoms. The number of hydrogen-bond donors (Lipinski definition) is 1. The maximum Gasteiger partial charge on any atom is 0.161 e. The predicted octanol–water partition coefficient (Wildman–Crippen LogP) is 2.94. The molecule has 3 nitrogen and oxygen atoms in total. The highest BCUT2D eigenvalue weighted by Gasteiger charge is 2.05. The van der Waals surface area contributed by atoms with Crippen molar-refractivity contribution in [3.8, 4) is 11.5 Å². The Kier molecular flexibility index (Phi) is 6.98. The minimum Gasteiger partial charge on any atom is -0.493 e. The number of rotatable bonds is 8. The Hall–Kier alpha value is -0.870. The number of methoxy groups -OCH3 is 1. The first-order chi connectivity index (χ1) is 8.71. The Morgan fingerprint density at radius 2 is 2.11 bits per heavy atom. The molecule has 1 aromatic carbocycles. The molecule has 1 N–H and O–H groups in total. The van der Waals surface area contributed by atoms with Gasteiger partial charge in [-0.25, -0.2) is 0 Å². The van der Waals surface area contributed by atoms with Gasteiger partial charge in [-0.2, -0.15) is 11.8 Å². The summed E-state index contributed by atoms with van der Waals surface area (Å²) < 4.78 is 10.8. The summed E-state index contributed by atoms with van der Waals surface area (Å²) in [4.78, 5) is 0. The Balaban J connectivity index is 2.58. The lowest BCUT2D eigenvalue weighted by Gasteiger charge is -2.13. The second-order valence-corrected chi connectivity index (χ2v) is 5.37. The molecule has 0 saturated carbocycles. The summed E-state index contributed by atoms with van der Waals surface area (Å²) in [5.74, 6) is 1.61. The number of hydrogen-bond acceptors (Lipinski definition) is 4. The number of benzene rings is 1. The van der Waals surface area contributed by atoms with E-state index in [1.54, 1.807) is 7.11 Å². The summed E-state index contributed by atoms with van der Waals surface area (Å²) in [5.41, 5.74) is 1.22. The molecular formula is C14H23NO2S. The second-order valence-electron chi connectivity index (χ2n) is 4.10. The van der Waals surface area contributed by atoms with E-state index >= 15 is 0 Å². The number of ether oxygens (including phenoxy) is 2. The van der Waals surface area contributed by atoms with Crippen LogP contribution in [0.5, 0.6) is 11.5 Å². The van der Waals surface area contributed by atoms with Crippen LogP contribution in [-0.2, 0) is 6.54 Å². The zero-order chi connectivity index (χ0) is 13.4. The average molecular weight is 269 g/mol. The highest BCUT2D eigenvalue weighted by Crippen LogP contribution is 2.27. The van der Waals surface area contributed by atoms with Gasteiger partial charge >= 0.3 is 0 Å². The van der Waals surface area contributed by atoms with Crippen LogP contribution in [0.15, 0.2) is 18.2 Å². The first-order valence-electron chi connectivity index (χ1n) is 6.24. The molecule has 18 heavy (non-hydrogen) atoms. The molecule has 0 spiro atoms. The van der Waals surface area contributed by atoms with Crippen LogP contribution in [0.1, 0.15) is 19.4 Å². The number of thioether (sulfide) groups is 1. The molecule has 1 atom stereocenters. The molecule has 102 valence electrons. The molecule has 0 aromatic heterocycles. The molecular weight excluding hydrogens is 246 g/mol. The van der Waals surface area contributed by atoms with Gasteiger partial charge in [0.1, 0.15) is 0 Å². The molecule has 1 unspecified atom stereocenters. The third-order valence-corrected chi connectivity index (χ3v) is 3.66. The molecule has 0 heterocycles. The normalized spacial score (nSPS) is 12.2. The summed E-state index contributed by atoms with van der Waals surface area (Å²) >= 11 is 1.87. The van der Waals surface area contributed by atoms with Gasteiger partial charge in [0.15, 0.2) is 11.5 Å². The van der Waals surface area contributed by atoms with Gasteiger partial charge < -0.3 is 14.8 Å². The van der Waals surface area contributed by atoms with Crippen molar-refractivity contribution in [3.63, 3.8) is 0 Å². The summed E-state index contributed by atoms with van der Waals surface area (Å²) in [5, 5.41) is 4.08. The quantitative estimate of drug-likeness (QED) is 0.786. The highest BCUT2D eigenvalue weighted by atomic mass is 32.2. The van der Waals surface area contributed by atoms with Crippen molar-refractivity contribution in [3.05, 3.63) is 23.8 Å².